The average Bonchev–Trinajstić information content (AvgIpc) is 2.78. The second-order valence-electron chi connectivity index (χ2n) is 3.88. The van der Waals surface area contributed by atoms with Crippen LogP contribution in [-0.4, -0.2) is 16.2 Å². The van der Waals surface area contributed by atoms with Gasteiger partial charge in [0.25, 0.3) is 0 Å². The number of carbonyl (C=O) groups is 1. The van der Waals surface area contributed by atoms with Crippen LogP contribution in [0.15, 0.2) is 28.8 Å². The van der Waals surface area contributed by atoms with Crippen LogP contribution in [-0.2, 0) is 6.42 Å². The molecule has 0 spiro atoms. The highest BCUT2D eigenvalue weighted by atomic mass is 16.5. The van der Waals surface area contributed by atoms with Gasteiger partial charge in [-0.25, -0.2) is 4.79 Å². The standard InChI is InChI=1S/C13H13NO3/c1-3-9-4-5-10(6-8(9)2)11-7-12(13(15)16)17-14-11/h4-7H,3H2,1-2H3,(H,15,16). The maximum absolute atomic E-state index is 10.7. The van der Waals surface area contributed by atoms with Crippen molar-refractivity contribution in [2.75, 3.05) is 0 Å². The van der Waals surface area contributed by atoms with E-state index in [1.807, 2.05) is 25.1 Å². The summed E-state index contributed by atoms with van der Waals surface area (Å²) in [6.07, 6.45) is 0.977. The van der Waals surface area contributed by atoms with Crippen LogP contribution in [0.1, 0.15) is 28.6 Å². The molecule has 88 valence electrons. The lowest BCUT2D eigenvalue weighted by atomic mass is 10.0. The highest BCUT2D eigenvalue weighted by Gasteiger charge is 2.12. The predicted molar refractivity (Wildman–Crippen MR) is 63.0 cm³/mol. The van der Waals surface area contributed by atoms with Crippen LogP contribution in [0.4, 0.5) is 0 Å². The van der Waals surface area contributed by atoms with E-state index in [2.05, 4.69) is 12.1 Å². The third-order valence-corrected chi connectivity index (χ3v) is 2.74. The third kappa shape index (κ3) is 2.20. The van der Waals surface area contributed by atoms with Crippen molar-refractivity contribution in [3.8, 4) is 11.3 Å². The molecule has 0 saturated carbocycles. The molecule has 0 saturated heterocycles. The monoisotopic (exact) mass is 231 g/mol. The summed E-state index contributed by atoms with van der Waals surface area (Å²) in [5, 5.41) is 12.5. The van der Waals surface area contributed by atoms with Gasteiger partial charge in [0, 0.05) is 11.6 Å². The molecule has 0 bridgehead atoms. The number of aromatic nitrogens is 1. The van der Waals surface area contributed by atoms with Crippen LogP contribution in [0.25, 0.3) is 11.3 Å². The molecule has 0 amide bonds. The topological polar surface area (TPSA) is 63.3 Å². The van der Waals surface area contributed by atoms with E-state index in [9.17, 15) is 4.79 Å². The third-order valence-electron chi connectivity index (χ3n) is 2.74. The SMILES string of the molecule is CCc1ccc(-c2cc(C(=O)O)on2)cc1C. The van der Waals surface area contributed by atoms with Crippen molar-refractivity contribution >= 4 is 5.97 Å². The van der Waals surface area contributed by atoms with Crippen molar-refractivity contribution in [3.63, 3.8) is 0 Å². The number of hydrogen-bond donors (Lipinski definition) is 1. The Morgan fingerprint density at radius 2 is 2.18 bits per heavy atom. The molecule has 1 N–H and O–H groups in total. The van der Waals surface area contributed by atoms with Gasteiger partial charge >= 0.3 is 5.97 Å². The van der Waals surface area contributed by atoms with E-state index in [4.69, 9.17) is 9.63 Å². The van der Waals surface area contributed by atoms with E-state index >= 15 is 0 Å². The Morgan fingerprint density at radius 3 is 2.71 bits per heavy atom. The van der Waals surface area contributed by atoms with Crippen molar-refractivity contribution in [1.82, 2.24) is 5.16 Å². The van der Waals surface area contributed by atoms with Gasteiger partial charge in [0.15, 0.2) is 0 Å². The normalized spacial score (nSPS) is 10.5. The molecule has 0 aliphatic heterocycles. The fourth-order valence-corrected chi connectivity index (χ4v) is 1.76. The van der Waals surface area contributed by atoms with E-state index in [0.29, 0.717) is 5.69 Å². The van der Waals surface area contributed by atoms with Gasteiger partial charge in [-0.2, -0.15) is 0 Å². The minimum atomic E-state index is -1.11. The van der Waals surface area contributed by atoms with Crippen molar-refractivity contribution in [2.24, 2.45) is 0 Å². The van der Waals surface area contributed by atoms with Crippen LogP contribution in [0.3, 0.4) is 0 Å². The molecule has 0 radical (unpaired) electrons. The summed E-state index contributed by atoms with van der Waals surface area (Å²) >= 11 is 0. The Balaban J connectivity index is 2.39. The van der Waals surface area contributed by atoms with Gasteiger partial charge < -0.3 is 9.63 Å². The zero-order valence-corrected chi connectivity index (χ0v) is 9.73. The summed E-state index contributed by atoms with van der Waals surface area (Å²) in [6.45, 7) is 4.13. The molecule has 17 heavy (non-hydrogen) atoms. The van der Waals surface area contributed by atoms with Gasteiger partial charge in [-0.15, -0.1) is 0 Å². The number of carboxylic acid groups (broad SMARTS) is 1. The van der Waals surface area contributed by atoms with Gasteiger partial charge in [0.1, 0.15) is 5.69 Å². The van der Waals surface area contributed by atoms with Crippen molar-refractivity contribution in [1.29, 1.82) is 0 Å². The molecule has 0 aliphatic carbocycles. The smallest absolute Gasteiger partial charge is 0.374 e. The summed E-state index contributed by atoms with van der Waals surface area (Å²) in [4.78, 5) is 10.7. The van der Waals surface area contributed by atoms with Crippen molar-refractivity contribution in [3.05, 3.63) is 41.2 Å². The molecule has 0 atom stereocenters. The van der Waals surface area contributed by atoms with Gasteiger partial charge in [-0.3, -0.25) is 0 Å². The molecule has 1 aromatic carbocycles. The summed E-state index contributed by atoms with van der Waals surface area (Å²) in [5.74, 6) is -1.25. The van der Waals surface area contributed by atoms with Crippen LogP contribution in [0, 0.1) is 6.92 Å². The maximum Gasteiger partial charge on any atom is 0.374 e. The van der Waals surface area contributed by atoms with Gasteiger partial charge in [-0.1, -0.05) is 24.2 Å². The van der Waals surface area contributed by atoms with E-state index in [1.165, 1.54) is 17.2 Å². The second-order valence-corrected chi connectivity index (χ2v) is 3.88. The van der Waals surface area contributed by atoms with E-state index in [-0.39, 0.29) is 5.76 Å². The quantitative estimate of drug-likeness (QED) is 0.882. The fourth-order valence-electron chi connectivity index (χ4n) is 1.76. The van der Waals surface area contributed by atoms with E-state index in [0.717, 1.165) is 12.0 Å². The minimum absolute atomic E-state index is 0.141. The number of aromatic carboxylic acids is 1. The minimum Gasteiger partial charge on any atom is -0.475 e. The molecule has 0 unspecified atom stereocenters. The van der Waals surface area contributed by atoms with E-state index < -0.39 is 5.97 Å². The van der Waals surface area contributed by atoms with Crippen molar-refractivity contribution < 1.29 is 14.4 Å². The molecular formula is C13H13NO3. The first kappa shape index (κ1) is 11.4. The molecule has 4 nitrogen and oxygen atoms in total. The zero-order valence-electron chi connectivity index (χ0n) is 9.73. The fraction of sp³-hybridized carbons (Fsp3) is 0.231. The predicted octanol–water partition coefficient (Wildman–Crippen LogP) is 2.91. The second kappa shape index (κ2) is 4.41. The van der Waals surface area contributed by atoms with Crippen LogP contribution in [0.2, 0.25) is 0 Å². The molecule has 0 fully saturated rings. The Morgan fingerprint density at radius 1 is 1.41 bits per heavy atom. The molecule has 4 heteroatoms. The first-order chi connectivity index (χ1) is 8.11. The van der Waals surface area contributed by atoms with Crippen LogP contribution < -0.4 is 0 Å². The summed E-state index contributed by atoms with van der Waals surface area (Å²) in [7, 11) is 0. The summed E-state index contributed by atoms with van der Waals surface area (Å²) in [6, 6.07) is 7.38. The number of nitrogens with zero attached hydrogens (tertiary/aromatic N) is 1. The number of rotatable bonds is 3. The largest absolute Gasteiger partial charge is 0.475 e. The summed E-state index contributed by atoms with van der Waals surface area (Å²) < 4.78 is 4.73. The van der Waals surface area contributed by atoms with Gasteiger partial charge in [0.05, 0.1) is 0 Å². The van der Waals surface area contributed by atoms with E-state index in [1.54, 1.807) is 0 Å². The lowest BCUT2D eigenvalue weighted by Crippen LogP contribution is -1.91. The summed E-state index contributed by atoms with van der Waals surface area (Å²) in [5.41, 5.74) is 3.87. The number of aryl methyl sites for hydroxylation is 2. The molecule has 1 aromatic heterocycles. The lowest BCUT2D eigenvalue weighted by Gasteiger charge is -2.04. The highest BCUT2D eigenvalue weighted by Crippen LogP contribution is 2.22. The Kier molecular flexibility index (Phi) is 2.95. The number of benzene rings is 1. The highest BCUT2D eigenvalue weighted by molar-refractivity contribution is 5.85. The van der Waals surface area contributed by atoms with Crippen molar-refractivity contribution in [2.45, 2.75) is 20.3 Å². The van der Waals surface area contributed by atoms with Gasteiger partial charge in [0.2, 0.25) is 5.76 Å². The first-order valence-corrected chi connectivity index (χ1v) is 5.41. The van der Waals surface area contributed by atoms with Crippen LogP contribution in [0.5, 0.6) is 0 Å². The number of carboxylic acids is 1. The Labute approximate surface area is 98.9 Å². The lowest BCUT2D eigenvalue weighted by molar-refractivity contribution is 0.0652. The first-order valence-electron chi connectivity index (χ1n) is 5.41. The molecule has 1 heterocycles. The maximum atomic E-state index is 10.7. The van der Waals surface area contributed by atoms with Crippen LogP contribution >= 0.6 is 0 Å². The average molecular weight is 231 g/mol. The molecule has 0 aliphatic rings. The number of hydrogen-bond acceptors (Lipinski definition) is 3. The molecular weight excluding hydrogens is 218 g/mol. The van der Waals surface area contributed by atoms with Gasteiger partial charge in [-0.05, 0) is 30.5 Å². The molecule has 2 rings (SSSR count). The Hall–Kier alpha value is -2.10. The molecule has 2 aromatic rings. The zero-order chi connectivity index (χ0) is 12.4. The Bertz CT molecular complexity index is 558.